The fourth-order valence-electron chi connectivity index (χ4n) is 5.73. The SMILES string of the molecule is CCCN1CCC2(c3ccc(OC)c(OC)c3)CCC(NC(=O)Nc3cccc(F)c3)CC12.O=C(O)C(F)(F)F. The fourth-order valence-corrected chi connectivity index (χ4v) is 5.73. The van der Waals surface area contributed by atoms with Gasteiger partial charge >= 0.3 is 18.2 Å². The van der Waals surface area contributed by atoms with E-state index in [4.69, 9.17) is 19.4 Å². The van der Waals surface area contributed by atoms with Gasteiger partial charge in [0.15, 0.2) is 11.5 Å². The normalized spacial score (nSPS) is 22.4. The van der Waals surface area contributed by atoms with Crippen molar-refractivity contribution in [1.29, 1.82) is 0 Å². The highest BCUT2D eigenvalue weighted by Crippen LogP contribution is 2.50. The first kappa shape index (κ1) is 31.0. The van der Waals surface area contributed by atoms with Gasteiger partial charge in [-0.15, -0.1) is 0 Å². The van der Waals surface area contributed by atoms with Gasteiger partial charge in [-0.25, -0.2) is 14.0 Å². The number of rotatable bonds is 7. The maximum Gasteiger partial charge on any atom is 0.490 e. The van der Waals surface area contributed by atoms with Gasteiger partial charge in [-0.05, 0) is 81.1 Å². The summed E-state index contributed by atoms with van der Waals surface area (Å²) in [5, 5.41) is 13.0. The van der Waals surface area contributed by atoms with Crippen LogP contribution in [0.15, 0.2) is 42.5 Å². The number of carboxylic acid groups (broad SMARTS) is 1. The topological polar surface area (TPSA) is 100 Å². The number of nitrogens with zero attached hydrogens (tertiary/aromatic N) is 1. The van der Waals surface area contributed by atoms with E-state index in [1.807, 2.05) is 6.07 Å². The third-order valence-electron chi connectivity index (χ3n) is 7.50. The molecular formula is C28H35F4N3O5. The zero-order valence-corrected chi connectivity index (χ0v) is 22.7. The number of alkyl halides is 3. The standard InChI is InChI=1S/C26H34FN3O3.C2HF3O2/c1-4-13-30-14-12-26(18-8-9-22(32-2)23(15-18)33-3)11-10-21(17-24(26)30)29-25(31)28-20-7-5-6-19(27)16-20;3-2(4,5)1(6)7/h5-9,15-16,21,24H,4,10-14,17H2,1-3H3,(H2,28,29,31);(H,6,7). The van der Waals surface area contributed by atoms with Crippen LogP contribution in [0.5, 0.6) is 11.5 Å². The molecule has 2 fully saturated rings. The van der Waals surface area contributed by atoms with Crippen LogP contribution >= 0.6 is 0 Å². The third kappa shape index (κ3) is 7.35. The van der Waals surface area contributed by atoms with E-state index >= 15 is 0 Å². The van der Waals surface area contributed by atoms with E-state index in [-0.39, 0.29) is 23.3 Å². The van der Waals surface area contributed by atoms with Crippen LogP contribution in [0.2, 0.25) is 0 Å². The van der Waals surface area contributed by atoms with Gasteiger partial charge in [0.1, 0.15) is 5.82 Å². The number of amides is 2. The summed E-state index contributed by atoms with van der Waals surface area (Å²) in [4.78, 5) is 24.1. The number of nitrogens with one attached hydrogen (secondary N) is 2. The molecule has 3 N–H and O–H groups in total. The third-order valence-corrected chi connectivity index (χ3v) is 7.50. The molecular weight excluding hydrogens is 534 g/mol. The first-order valence-electron chi connectivity index (χ1n) is 13.0. The van der Waals surface area contributed by atoms with Gasteiger partial charge in [-0.2, -0.15) is 13.2 Å². The largest absolute Gasteiger partial charge is 0.493 e. The number of hydrogen-bond donors (Lipinski definition) is 3. The summed E-state index contributed by atoms with van der Waals surface area (Å²) in [6.07, 6.45) is -0.142. The van der Waals surface area contributed by atoms with Crippen molar-refractivity contribution in [2.75, 3.05) is 32.6 Å². The van der Waals surface area contributed by atoms with Crippen LogP contribution in [-0.4, -0.2) is 67.6 Å². The summed E-state index contributed by atoms with van der Waals surface area (Å²) >= 11 is 0. The van der Waals surface area contributed by atoms with E-state index in [0.717, 1.165) is 56.7 Å². The summed E-state index contributed by atoms with van der Waals surface area (Å²) < 4.78 is 56.2. The molecule has 2 amide bonds. The number of ether oxygens (including phenoxy) is 2. The van der Waals surface area contributed by atoms with Crippen molar-refractivity contribution in [3.63, 3.8) is 0 Å². The van der Waals surface area contributed by atoms with Crippen molar-refractivity contribution >= 4 is 17.7 Å². The molecule has 220 valence electrons. The molecule has 2 aromatic carbocycles. The van der Waals surface area contributed by atoms with E-state index < -0.39 is 12.1 Å². The quantitative estimate of drug-likeness (QED) is 0.377. The van der Waals surface area contributed by atoms with Gasteiger partial charge in [0, 0.05) is 23.2 Å². The molecule has 1 aliphatic heterocycles. The molecule has 1 heterocycles. The average Bonchev–Trinajstić information content (AvgIpc) is 3.27. The first-order chi connectivity index (χ1) is 18.9. The van der Waals surface area contributed by atoms with Crippen molar-refractivity contribution in [1.82, 2.24) is 10.2 Å². The molecule has 0 spiro atoms. The molecule has 1 saturated heterocycles. The Morgan fingerprint density at radius 2 is 1.80 bits per heavy atom. The van der Waals surface area contributed by atoms with Gasteiger partial charge in [-0.3, -0.25) is 4.90 Å². The number of fused-ring (bicyclic) bond motifs is 1. The highest BCUT2D eigenvalue weighted by atomic mass is 19.4. The van der Waals surface area contributed by atoms with Gasteiger partial charge < -0.3 is 25.2 Å². The number of urea groups is 1. The molecule has 0 aromatic heterocycles. The van der Waals surface area contributed by atoms with Gasteiger partial charge in [0.05, 0.1) is 14.2 Å². The molecule has 3 atom stereocenters. The highest BCUT2D eigenvalue weighted by Gasteiger charge is 2.51. The van der Waals surface area contributed by atoms with Crippen molar-refractivity contribution in [3.8, 4) is 11.5 Å². The molecule has 1 saturated carbocycles. The lowest BCUT2D eigenvalue weighted by Crippen LogP contribution is -2.53. The lowest BCUT2D eigenvalue weighted by Gasteiger charge is -2.45. The van der Waals surface area contributed by atoms with Crippen LogP contribution in [-0.2, 0) is 10.2 Å². The Labute approximate surface area is 230 Å². The van der Waals surface area contributed by atoms with Crippen LogP contribution in [0, 0.1) is 5.82 Å². The minimum absolute atomic E-state index is 0.0337. The number of hydrogen-bond acceptors (Lipinski definition) is 5. The van der Waals surface area contributed by atoms with E-state index in [1.165, 1.54) is 17.7 Å². The molecule has 3 unspecified atom stereocenters. The van der Waals surface area contributed by atoms with Crippen LogP contribution in [0.4, 0.5) is 28.0 Å². The van der Waals surface area contributed by atoms with Crippen LogP contribution < -0.4 is 20.1 Å². The van der Waals surface area contributed by atoms with Crippen LogP contribution in [0.3, 0.4) is 0 Å². The van der Waals surface area contributed by atoms with Crippen LogP contribution in [0.1, 0.15) is 44.6 Å². The second-order valence-electron chi connectivity index (χ2n) is 9.91. The molecule has 8 nitrogen and oxygen atoms in total. The van der Waals surface area contributed by atoms with Crippen molar-refractivity contribution in [2.24, 2.45) is 0 Å². The summed E-state index contributed by atoms with van der Waals surface area (Å²) in [5.74, 6) is -1.63. The Kier molecular flexibility index (Phi) is 10.2. The number of methoxy groups -OCH3 is 2. The predicted octanol–water partition coefficient (Wildman–Crippen LogP) is 5.57. The number of carboxylic acids is 1. The smallest absolute Gasteiger partial charge is 0.490 e. The van der Waals surface area contributed by atoms with Crippen molar-refractivity contribution < 1.29 is 41.7 Å². The average molecular weight is 570 g/mol. The predicted molar refractivity (Wildman–Crippen MR) is 141 cm³/mol. The molecule has 0 bridgehead atoms. The number of halogens is 4. The second kappa shape index (κ2) is 13.2. The molecule has 12 heteroatoms. The summed E-state index contributed by atoms with van der Waals surface area (Å²) in [6.45, 7) is 4.30. The molecule has 4 rings (SSSR count). The Morgan fingerprint density at radius 3 is 2.40 bits per heavy atom. The molecule has 0 radical (unpaired) electrons. The first-order valence-corrected chi connectivity index (χ1v) is 13.0. The summed E-state index contributed by atoms with van der Waals surface area (Å²) in [6, 6.07) is 12.4. The molecule has 2 aromatic rings. The minimum Gasteiger partial charge on any atom is -0.493 e. The number of carbonyl (C=O) groups is 2. The highest BCUT2D eigenvalue weighted by molar-refractivity contribution is 5.89. The monoisotopic (exact) mass is 569 g/mol. The Bertz CT molecular complexity index is 1180. The summed E-state index contributed by atoms with van der Waals surface area (Å²) in [7, 11) is 3.33. The van der Waals surface area contributed by atoms with Gasteiger partial charge in [0.2, 0.25) is 0 Å². The summed E-state index contributed by atoms with van der Waals surface area (Å²) in [5.41, 5.74) is 1.77. The number of benzene rings is 2. The molecule has 2 aliphatic rings. The number of likely N-dealkylation sites (tertiary alicyclic amines) is 1. The lowest BCUT2D eigenvalue weighted by atomic mass is 9.65. The zero-order valence-electron chi connectivity index (χ0n) is 22.7. The van der Waals surface area contributed by atoms with Crippen molar-refractivity contribution in [3.05, 3.63) is 53.8 Å². The van der Waals surface area contributed by atoms with E-state index in [0.29, 0.717) is 11.7 Å². The lowest BCUT2D eigenvalue weighted by molar-refractivity contribution is -0.192. The number of carbonyl (C=O) groups excluding carboxylic acids is 1. The van der Waals surface area contributed by atoms with E-state index in [2.05, 4.69) is 34.6 Å². The maximum atomic E-state index is 13.5. The van der Waals surface area contributed by atoms with E-state index in [1.54, 1.807) is 26.4 Å². The molecule has 1 aliphatic carbocycles. The van der Waals surface area contributed by atoms with Gasteiger partial charge in [0.25, 0.3) is 0 Å². The Hall–Kier alpha value is -3.54. The zero-order chi connectivity index (χ0) is 29.5. The maximum absolute atomic E-state index is 13.5. The second-order valence-corrected chi connectivity index (χ2v) is 9.91. The Morgan fingerprint density at radius 1 is 1.10 bits per heavy atom. The van der Waals surface area contributed by atoms with Crippen LogP contribution in [0.25, 0.3) is 0 Å². The minimum atomic E-state index is -5.08. The fraction of sp³-hybridized carbons (Fsp3) is 0.500. The Balaban J connectivity index is 0.000000559. The van der Waals surface area contributed by atoms with Crippen molar-refractivity contribution in [2.45, 2.75) is 62.7 Å². The molecule has 40 heavy (non-hydrogen) atoms. The van der Waals surface area contributed by atoms with E-state index in [9.17, 15) is 22.4 Å². The number of anilines is 1. The van der Waals surface area contributed by atoms with Gasteiger partial charge in [-0.1, -0.05) is 19.1 Å². The number of aliphatic carboxylic acids is 1.